The molecular formula is C15H29N3O. The van der Waals surface area contributed by atoms with Gasteiger partial charge in [-0.1, -0.05) is 20.8 Å². The van der Waals surface area contributed by atoms with E-state index in [0.717, 1.165) is 32.6 Å². The SMILES string of the molecule is CC1CC(N)CN(CC(=O)N2CC(C)CC(C)C2)C1. The largest absolute Gasteiger partial charge is 0.341 e. The van der Waals surface area contributed by atoms with Crippen LogP contribution in [0.25, 0.3) is 0 Å². The summed E-state index contributed by atoms with van der Waals surface area (Å²) >= 11 is 0. The second kappa shape index (κ2) is 6.23. The average Bonchev–Trinajstić information content (AvgIpc) is 2.25. The number of rotatable bonds is 2. The molecule has 0 radical (unpaired) electrons. The van der Waals surface area contributed by atoms with E-state index in [2.05, 4.69) is 30.6 Å². The maximum Gasteiger partial charge on any atom is 0.236 e. The molecule has 2 heterocycles. The number of amides is 1. The molecule has 0 aliphatic carbocycles. The van der Waals surface area contributed by atoms with Crippen LogP contribution in [0, 0.1) is 17.8 Å². The van der Waals surface area contributed by atoms with Gasteiger partial charge in [-0.05, 0) is 30.6 Å². The fourth-order valence-electron chi connectivity index (χ4n) is 3.80. The van der Waals surface area contributed by atoms with Crippen LogP contribution in [0.15, 0.2) is 0 Å². The number of likely N-dealkylation sites (tertiary alicyclic amines) is 2. The van der Waals surface area contributed by atoms with E-state index >= 15 is 0 Å². The van der Waals surface area contributed by atoms with Crippen molar-refractivity contribution in [2.24, 2.45) is 23.5 Å². The molecule has 2 aliphatic heterocycles. The van der Waals surface area contributed by atoms with Gasteiger partial charge in [0.15, 0.2) is 0 Å². The Kier molecular flexibility index (Phi) is 4.85. The van der Waals surface area contributed by atoms with Crippen LogP contribution in [0.4, 0.5) is 0 Å². The van der Waals surface area contributed by atoms with Crippen molar-refractivity contribution >= 4 is 5.91 Å². The van der Waals surface area contributed by atoms with E-state index in [4.69, 9.17) is 5.73 Å². The van der Waals surface area contributed by atoms with Gasteiger partial charge in [0, 0.05) is 32.2 Å². The molecular weight excluding hydrogens is 238 g/mol. The summed E-state index contributed by atoms with van der Waals surface area (Å²) in [6.07, 6.45) is 2.33. The zero-order valence-corrected chi connectivity index (χ0v) is 12.6. The summed E-state index contributed by atoms with van der Waals surface area (Å²) in [5, 5.41) is 0. The summed E-state index contributed by atoms with van der Waals surface area (Å²) in [5.74, 6) is 2.17. The van der Waals surface area contributed by atoms with Crippen LogP contribution in [0.3, 0.4) is 0 Å². The molecule has 4 nitrogen and oxygen atoms in total. The molecule has 1 amide bonds. The Morgan fingerprint density at radius 2 is 1.58 bits per heavy atom. The van der Waals surface area contributed by atoms with Crippen LogP contribution in [0.2, 0.25) is 0 Å². The van der Waals surface area contributed by atoms with Crippen LogP contribution in [0.5, 0.6) is 0 Å². The summed E-state index contributed by atoms with van der Waals surface area (Å²) in [6, 6.07) is 0.232. The van der Waals surface area contributed by atoms with Crippen molar-refractivity contribution in [1.82, 2.24) is 9.80 Å². The molecule has 110 valence electrons. The van der Waals surface area contributed by atoms with Crippen LogP contribution in [-0.4, -0.2) is 54.5 Å². The minimum absolute atomic E-state index is 0.232. The Balaban J connectivity index is 1.86. The zero-order valence-electron chi connectivity index (χ0n) is 12.6. The van der Waals surface area contributed by atoms with Crippen LogP contribution < -0.4 is 5.73 Å². The molecule has 2 fully saturated rings. The second-order valence-electron chi connectivity index (χ2n) is 7.04. The average molecular weight is 267 g/mol. The Morgan fingerprint density at radius 3 is 2.16 bits per heavy atom. The maximum atomic E-state index is 12.4. The van der Waals surface area contributed by atoms with Crippen molar-refractivity contribution in [3.05, 3.63) is 0 Å². The van der Waals surface area contributed by atoms with Gasteiger partial charge >= 0.3 is 0 Å². The quantitative estimate of drug-likeness (QED) is 0.817. The Hall–Kier alpha value is -0.610. The lowest BCUT2D eigenvalue weighted by molar-refractivity contribution is -0.135. The molecule has 0 bridgehead atoms. The number of nitrogens with zero attached hydrogens (tertiary/aromatic N) is 2. The molecule has 0 aromatic rings. The molecule has 2 aliphatic rings. The molecule has 2 saturated heterocycles. The molecule has 2 N–H and O–H groups in total. The van der Waals surface area contributed by atoms with Gasteiger partial charge in [-0.2, -0.15) is 0 Å². The highest BCUT2D eigenvalue weighted by Crippen LogP contribution is 2.21. The molecule has 19 heavy (non-hydrogen) atoms. The van der Waals surface area contributed by atoms with Gasteiger partial charge < -0.3 is 10.6 Å². The monoisotopic (exact) mass is 267 g/mol. The van der Waals surface area contributed by atoms with Gasteiger partial charge in [0.1, 0.15) is 0 Å². The van der Waals surface area contributed by atoms with Crippen molar-refractivity contribution in [1.29, 1.82) is 0 Å². The summed E-state index contributed by atoms with van der Waals surface area (Å²) in [7, 11) is 0. The highest BCUT2D eigenvalue weighted by molar-refractivity contribution is 5.78. The molecule has 0 aromatic heterocycles. The van der Waals surface area contributed by atoms with E-state index in [9.17, 15) is 4.79 Å². The van der Waals surface area contributed by atoms with Gasteiger partial charge in [0.05, 0.1) is 6.54 Å². The molecule has 0 saturated carbocycles. The van der Waals surface area contributed by atoms with Crippen molar-refractivity contribution in [2.75, 3.05) is 32.7 Å². The van der Waals surface area contributed by atoms with Gasteiger partial charge in [0.25, 0.3) is 0 Å². The lowest BCUT2D eigenvalue weighted by Crippen LogP contribution is -2.52. The number of carbonyl (C=O) groups excluding carboxylic acids is 1. The van der Waals surface area contributed by atoms with Gasteiger partial charge in [-0.3, -0.25) is 9.69 Å². The van der Waals surface area contributed by atoms with Crippen LogP contribution in [0.1, 0.15) is 33.6 Å². The lowest BCUT2D eigenvalue weighted by Gasteiger charge is -2.38. The normalized spacial score (nSPS) is 37.4. The van der Waals surface area contributed by atoms with E-state index in [1.807, 2.05) is 0 Å². The molecule has 4 heteroatoms. The zero-order chi connectivity index (χ0) is 14.0. The first-order valence-corrected chi connectivity index (χ1v) is 7.69. The smallest absolute Gasteiger partial charge is 0.236 e. The van der Waals surface area contributed by atoms with E-state index in [-0.39, 0.29) is 6.04 Å². The molecule has 4 unspecified atom stereocenters. The number of hydrogen-bond acceptors (Lipinski definition) is 3. The fourth-order valence-corrected chi connectivity index (χ4v) is 3.80. The third-order valence-corrected chi connectivity index (χ3v) is 4.35. The van der Waals surface area contributed by atoms with Crippen LogP contribution >= 0.6 is 0 Å². The van der Waals surface area contributed by atoms with Crippen molar-refractivity contribution in [3.63, 3.8) is 0 Å². The second-order valence-corrected chi connectivity index (χ2v) is 7.04. The van der Waals surface area contributed by atoms with Crippen molar-refractivity contribution in [2.45, 2.75) is 39.7 Å². The predicted octanol–water partition coefficient (Wildman–Crippen LogP) is 1.16. The third-order valence-electron chi connectivity index (χ3n) is 4.35. The topological polar surface area (TPSA) is 49.6 Å². The van der Waals surface area contributed by atoms with E-state index in [1.165, 1.54) is 6.42 Å². The highest BCUT2D eigenvalue weighted by atomic mass is 16.2. The highest BCUT2D eigenvalue weighted by Gasteiger charge is 2.28. The Labute approximate surface area is 117 Å². The Bertz CT molecular complexity index is 301. The summed E-state index contributed by atoms with van der Waals surface area (Å²) < 4.78 is 0. The number of piperidine rings is 2. The minimum Gasteiger partial charge on any atom is -0.341 e. The van der Waals surface area contributed by atoms with Crippen molar-refractivity contribution in [3.8, 4) is 0 Å². The minimum atomic E-state index is 0.232. The standard InChI is InChI=1S/C15H29N3O/c1-11-4-12(2)8-18(7-11)15(19)10-17-6-13(3)5-14(16)9-17/h11-14H,4-10,16H2,1-3H3. The summed E-state index contributed by atoms with van der Waals surface area (Å²) in [6.45, 7) is 11.0. The summed E-state index contributed by atoms with van der Waals surface area (Å²) in [5.41, 5.74) is 6.05. The van der Waals surface area contributed by atoms with E-state index in [1.54, 1.807) is 0 Å². The molecule has 4 atom stereocenters. The fraction of sp³-hybridized carbons (Fsp3) is 0.933. The first-order valence-electron chi connectivity index (χ1n) is 7.69. The van der Waals surface area contributed by atoms with E-state index in [0.29, 0.717) is 30.2 Å². The number of hydrogen-bond donors (Lipinski definition) is 1. The predicted molar refractivity (Wildman–Crippen MR) is 77.7 cm³/mol. The number of nitrogens with two attached hydrogens (primary N) is 1. The molecule has 0 aromatic carbocycles. The number of carbonyl (C=O) groups is 1. The first kappa shape index (κ1) is 14.8. The summed E-state index contributed by atoms with van der Waals surface area (Å²) in [4.78, 5) is 16.7. The van der Waals surface area contributed by atoms with Gasteiger partial charge in [-0.25, -0.2) is 0 Å². The maximum absolute atomic E-state index is 12.4. The Morgan fingerprint density at radius 1 is 1.00 bits per heavy atom. The van der Waals surface area contributed by atoms with Gasteiger partial charge in [0.2, 0.25) is 5.91 Å². The van der Waals surface area contributed by atoms with Gasteiger partial charge in [-0.15, -0.1) is 0 Å². The van der Waals surface area contributed by atoms with Crippen molar-refractivity contribution < 1.29 is 4.79 Å². The van der Waals surface area contributed by atoms with Crippen LogP contribution in [-0.2, 0) is 4.79 Å². The lowest BCUT2D eigenvalue weighted by atomic mass is 9.91. The third kappa shape index (κ3) is 4.18. The molecule has 0 spiro atoms. The molecule has 2 rings (SSSR count). The first-order chi connectivity index (χ1) is 8.94. The van der Waals surface area contributed by atoms with E-state index < -0.39 is 0 Å².